The van der Waals surface area contributed by atoms with Gasteiger partial charge in [-0.15, -0.1) is 0 Å². The maximum atomic E-state index is 12.6. The van der Waals surface area contributed by atoms with Gasteiger partial charge in [-0.25, -0.2) is 9.59 Å². The summed E-state index contributed by atoms with van der Waals surface area (Å²) >= 11 is 0. The van der Waals surface area contributed by atoms with Crippen LogP contribution in [0.2, 0.25) is 0 Å². The number of esters is 2. The van der Waals surface area contributed by atoms with Gasteiger partial charge in [0.1, 0.15) is 0 Å². The van der Waals surface area contributed by atoms with Crippen LogP contribution in [0.1, 0.15) is 195 Å². The number of unbranched alkanes of at least 4 members (excludes halogenated alkanes) is 23. The average molecular weight is 573 g/mol. The van der Waals surface area contributed by atoms with Crippen LogP contribution in [0.5, 0.6) is 0 Å². The van der Waals surface area contributed by atoms with E-state index in [9.17, 15) is 9.59 Å². The topological polar surface area (TPSA) is 52.6 Å². The molecule has 0 heterocycles. The van der Waals surface area contributed by atoms with Crippen molar-refractivity contribution in [3.63, 3.8) is 0 Å². The number of benzene rings is 1. The molecule has 0 fully saturated rings. The number of hydrogen-bond donors (Lipinski definition) is 0. The molecular weight excluding hydrogens is 508 g/mol. The molecule has 0 aliphatic heterocycles. The summed E-state index contributed by atoms with van der Waals surface area (Å²) in [5, 5.41) is 0. The highest BCUT2D eigenvalue weighted by Crippen LogP contribution is 2.16. The Balaban J connectivity index is 2.04. The maximum absolute atomic E-state index is 12.6. The van der Waals surface area contributed by atoms with Gasteiger partial charge in [0.05, 0.1) is 24.3 Å². The highest BCUT2D eigenvalue weighted by molar-refractivity contribution is 6.03. The second-order valence-corrected chi connectivity index (χ2v) is 11.9. The molecule has 0 aliphatic carbocycles. The van der Waals surface area contributed by atoms with Gasteiger partial charge in [0.15, 0.2) is 0 Å². The predicted octanol–water partition coefficient (Wildman–Crippen LogP) is 11.8. The van der Waals surface area contributed by atoms with Crippen LogP contribution in [-0.2, 0) is 9.47 Å². The summed E-state index contributed by atoms with van der Waals surface area (Å²) in [7, 11) is 0. The first-order valence-corrected chi connectivity index (χ1v) is 17.6. The minimum atomic E-state index is -0.431. The minimum absolute atomic E-state index is 0.306. The molecular formula is C37H64O4. The molecule has 41 heavy (non-hydrogen) atoms. The first kappa shape index (κ1) is 37.2. The van der Waals surface area contributed by atoms with E-state index in [0.29, 0.717) is 24.3 Å². The zero-order valence-electron chi connectivity index (χ0n) is 27.0. The van der Waals surface area contributed by atoms with Crippen LogP contribution in [-0.4, -0.2) is 25.2 Å². The monoisotopic (exact) mass is 572 g/mol. The third-order valence-corrected chi connectivity index (χ3v) is 8.08. The number of hydrogen-bond acceptors (Lipinski definition) is 4. The molecule has 0 spiro atoms. The van der Waals surface area contributed by atoms with Crippen molar-refractivity contribution in [2.24, 2.45) is 0 Å². The summed E-state index contributed by atoms with van der Waals surface area (Å²) in [4.78, 5) is 25.3. The van der Waals surface area contributed by atoms with Gasteiger partial charge in [0.2, 0.25) is 0 Å². The Morgan fingerprint density at radius 1 is 0.415 bits per heavy atom. The third kappa shape index (κ3) is 21.5. The zero-order chi connectivity index (χ0) is 29.6. The van der Waals surface area contributed by atoms with Gasteiger partial charge in [-0.3, -0.25) is 0 Å². The van der Waals surface area contributed by atoms with E-state index in [2.05, 4.69) is 13.8 Å². The van der Waals surface area contributed by atoms with Crippen molar-refractivity contribution in [3.05, 3.63) is 35.4 Å². The fraction of sp³-hybridized carbons (Fsp3) is 0.784. The van der Waals surface area contributed by atoms with Crippen LogP contribution < -0.4 is 0 Å². The molecule has 236 valence electrons. The summed E-state index contributed by atoms with van der Waals surface area (Å²) in [5.74, 6) is -0.860. The summed E-state index contributed by atoms with van der Waals surface area (Å²) in [6, 6.07) is 6.85. The Bertz CT molecular complexity index is 744. The van der Waals surface area contributed by atoms with E-state index < -0.39 is 11.9 Å². The number of carbonyl (C=O) groups excluding carboxylic acids is 2. The van der Waals surface area contributed by atoms with Crippen molar-refractivity contribution in [1.29, 1.82) is 0 Å². The van der Waals surface area contributed by atoms with E-state index in [1.807, 2.05) is 0 Å². The standard InChI is InChI=1S/C37H64O4/c1-3-5-7-9-11-13-14-15-16-17-18-19-21-23-25-29-33-41-37(39)35-31-27-26-30-34(35)36(38)40-32-28-24-22-20-12-10-8-6-4-2/h26-27,30-31H,3-25,28-29,32-33H2,1-2H3. The molecule has 1 aromatic rings. The molecule has 0 saturated carbocycles. The Labute approximate surface area is 253 Å². The smallest absolute Gasteiger partial charge is 0.339 e. The Kier molecular flexibility index (Phi) is 25.7. The van der Waals surface area contributed by atoms with E-state index >= 15 is 0 Å². The first-order chi connectivity index (χ1) is 20.2. The number of carbonyl (C=O) groups is 2. The largest absolute Gasteiger partial charge is 0.462 e. The van der Waals surface area contributed by atoms with Crippen molar-refractivity contribution in [3.8, 4) is 0 Å². The Hall–Kier alpha value is -1.84. The normalized spacial score (nSPS) is 11.1. The first-order valence-electron chi connectivity index (χ1n) is 17.6. The molecule has 0 atom stereocenters. The van der Waals surface area contributed by atoms with Crippen LogP contribution in [0.4, 0.5) is 0 Å². The number of rotatable bonds is 29. The van der Waals surface area contributed by atoms with E-state index in [-0.39, 0.29) is 0 Å². The van der Waals surface area contributed by atoms with Gasteiger partial charge in [0, 0.05) is 0 Å². The quantitative estimate of drug-likeness (QED) is 0.0707. The minimum Gasteiger partial charge on any atom is -0.462 e. The second-order valence-electron chi connectivity index (χ2n) is 11.9. The van der Waals surface area contributed by atoms with E-state index in [0.717, 1.165) is 25.7 Å². The lowest BCUT2D eigenvalue weighted by atomic mass is 10.0. The molecule has 0 unspecified atom stereocenters. The maximum Gasteiger partial charge on any atom is 0.339 e. The van der Waals surface area contributed by atoms with Gasteiger partial charge in [0.25, 0.3) is 0 Å². The SMILES string of the molecule is CCCCCCCCCCCCCCCCCCOC(=O)c1ccccc1C(=O)OCCCCCCCCCCC. The van der Waals surface area contributed by atoms with Gasteiger partial charge in [-0.1, -0.05) is 174 Å². The molecule has 0 aromatic heterocycles. The van der Waals surface area contributed by atoms with Gasteiger partial charge in [-0.05, 0) is 25.0 Å². The fourth-order valence-corrected chi connectivity index (χ4v) is 5.39. The summed E-state index contributed by atoms with van der Waals surface area (Å²) in [6.45, 7) is 5.32. The van der Waals surface area contributed by atoms with E-state index in [1.54, 1.807) is 24.3 Å². The van der Waals surface area contributed by atoms with Gasteiger partial charge in [-0.2, -0.15) is 0 Å². The zero-order valence-corrected chi connectivity index (χ0v) is 27.0. The molecule has 0 radical (unpaired) electrons. The average Bonchev–Trinajstić information content (AvgIpc) is 2.99. The lowest BCUT2D eigenvalue weighted by molar-refractivity contribution is 0.0450. The Morgan fingerprint density at radius 2 is 0.659 bits per heavy atom. The van der Waals surface area contributed by atoms with Crippen molar-refractivity contribution < 1.29 is 19.1 Å². The summed E-state index contributed by atoms with van der Waals surface area (Å²) in [5.41, 5.74) is 0.612. The highest BCUT2D eigenvalue weighted by Gasteiger charge is 2.18. The van der Waals surface area contributed by atoms with Crippen molar-refractivity contribution in [1.82, 2.24) is 0 Å². The second kappa shape index (κ2) is 28.3. The van der Waals surface area contributed by atoms with Crippen molar-refractivity contribution >= 4 is 11.9 Å². The molecule has 4 heteroatoms. The summed E-state index contributed by atoms with van der Waals surface area (Å²) < 4.78 is 11.0. The van der Waals surface area contributed by atoms with E-state index in [1.165, 1.54) is 135 Å². The highest BCUT2D eigenvalue weighted by atomic mass is 16.5. The van der Waals surface area contributed by atoms with Crippen LogP contribution in [0, 0.1) is 0 Å². The van der Waals surface area contributed by atoms with Crippen LogP contribution in [0.3, 0.4) is 0 Å². The van der Waals surface area contributed by atoms with Gasteiger partial charge >= 0.3 is 11.9 Å². The fourth-order valence-electron chi connectivity index (χ4n) is 5.39. The molecule has 0 amide bonds. The summed E-state index contributed by atoms with van der Waals surface area (Å²) in [6.07, 6.45) is 32.0. The Morgan fingerprint density at radius 3 is 0.927 bits per heavy atom. The molecule has 0 aliphatic rings. The lowest BCUT2D eigenvalue weighted by Crippen LogP contribution is -2.15. The van der Waals surface area contributed by atoms with Crippen LogP contribution in [0.15, 0.2) is 24.3 Å². The van der Waals surface area contributed by atoms with Crippen molar-refractivity contribution in [2.45, 2.75) is 174 Å². The van der Waals surface area contributed by atoms with Crippen molar-refractivity contribution in [2.75, 3.05) is 13.2 Å². The predicted molar refractivity (Wildman–Crippen MR) is 174 cm³/mol. The molecule has 4 nitrogen and oxygen atoms in total. The van der Waals surface area contributed by atoms with Crippen LogP contribution >= 0.6 is 0 Å². The van der Waals surface area contributed by atoms with Crippen LogP contribution in [0.25, 0.3) is 0 Å². The molecule has 0 N–H and O–H groups in total. The molecule has 1 aromatic carbocycles. The number of ether oxygens (including phenoxy) is 2. The lowest BCUT2D eigenvalue weighted by Gasteiger charge is -2.10. The third-order valence-electron chi connectivity index (χ3n) is 8.08. The van der Waals surface area contributed by atoms with Gasteiger partial charge < -0.3 is 9.47 Å². The molecule has 0 bridgehead atoms. The van der Waals surface area contributed by atoms with E-state index in [4.69, 9.17) is 9.47 Å². The molecule has 0 saturated heterocycles. The molecule has 1 rings (SSSR count).